The van der Waals surface area contributed by atoms with Crippen molar-refractivity contribution >= 4 is 40.3 Å². The Morgan fingerprint density at radius 3 is 2.76 bits per heavy atom. The molecule has 0 amide bonds. The molecule has 8 heteroatoms. The highest BCUT2D eigenvalue weighted by molar-refractivity contribution is 7.18. The average Bonchev–Trinajstić information content (AvgIpc) is 2.91. The average molecular weight is 325 g/mol. The Kier molecular flexibility index (Phi) is 4.66. The first-order valence-corrected chi connectivity index (χ1v) is 6.93. The number of carbonyl (C=O) groups excluding carboxylic acids is 1. The topological polar surface area (TPSA) is 81.8 Å². The summed E-state index contributed by atoms with van der Waals surface area (Å²) in [7, 11) is 0. The molecule has 0 aliphatic rings. The van der Waals surface area contributed by atoms with Crippen molar-refractivity contribution in [1.82, 2.24) is 0 Å². The van der Waals surface area contributed by atoms with Crippen LogP contribution in [0.2, 0.25) is 4.34 Å². The number of non-ortho nitro benzene ring substituents is 1. The summed E-state index contributed by atoms with van der Waals surface area (Å²) in [5, 5.41) is 14.4. The normalized spacial score (nSPS) is 11.2. The SMILES string of the molecule is C/C(=N\OC(=O)c1cccc([N+](=O)[O-])c1)c1ccc(Cl)s1. The first kappa shape index (κ1) is 15.1. The molecule has 0 unspecified atom stereocenters. The largest absolute Gasteiger partial charge is 0.365 e. The zero-order valence-corrected chi connectivity index (χ0v) is 12.4. The summed E-state index contributed by atoms with van der Waals surface area (Å²) in [6.07, 6.45) is 0. The van der Waals surface area contributed by atoms with E-state index in [1.165, 1.54) is 29.5 Å². The third-order valence-electron chi connectivity index (χ3n) is 2.49. The Labute approximate surface area is 128 Å². The van der Waals surface area contributed by atoms with E-state index in [2.05, 4.69) is 5.16 Å². The van der Waals surface area contributed by atoms with Gasteiger partial charge in [0, 0.05) is 12.1 Å². The molecular formula is C13H9ClN2O4S. The van der Waals surface area contributed by atoms with Gasteiger partial charge >= 0.3 is 5.97 Å². The number of hydrogen-bond donors (Lipinski definition) is 0. The van der Waals surface area contributed by atoms with Crippen molar-refractivity contribution in [3.05, 3.63) is 61.3 Å². The predicted molar refractivity (Wildman–Crippen MR) is 80.1 cm³/mol. The molecule has 0 saturated heterocycles. The van der Waals surface area contributed by atoms with Gasteiger partial charge in [-0.3, -0.25) is 10.1 Å². The molecule has 0 atom stereocenters. The maximum Gasteiger partial charge on any atom is 0.365 e. The van der Waals surface area contributed by atoms with Crippen LogP contribution < -0.4 is 0 Å². The lowest BCUT2D eigenvalue weighted by Gasteiger charge is -1.99. The number of thiophene rings is 1. The number of hydrogen-bond acceptors (Lipinski definition) is 6. The third-order valence-corrected chi connectivity index (χ3v) is 3.83. The van der Waals surface area contributed by atoms with Crippen LogP contribution in [-0.4, -0.2) is 16.6 Å². The van der Waals surface area contributed by atoms with Gasteiger partial charge in [-0.1, -0.05) is 22.8 Å². The molecule has 0 saturated carbocycles. The first-order valence-electron chi connectivity index (χ1n) is 5.73. The van der Waals surface area contributed by atoms with E-state index in [0.29, 0.717) is 10.0 Å². The van der Waals surface area contributed by atoms with Gasteiger partial charge in [0.15, 0.2) is 0 Å². The van der Waals surface area contributed by atoms with Gasteiger partial charge in [-0.05, 0) is 25.1 Å². The lowest BCUT2D eigenvalue weighted by molar-refractivity contribution is -0.384. The van der Waals surface area contributed by atoms with Crippen molar-refractivity contribution in [3.63, 3.8) is 0 Å². The number of oxime groups is 1. The second-order valence-corrected chi connectivity index (χ2v) is 5.68. The molecule has 0 fully saturated rings. The molecule has 0 spiro atoms. The Balaban J connectivity index is 2.11. The monoisotopic (exact) mass is 324 g/mol. The summed E-state index contributed by atoms with van der Waals surface area (Å²) < 4.78 is 0.601. The van der Waals surface area contributed by atoms with E-state index in [-0.39, 0.29) is 11.3 Å². The summed E-state index contributed by atoms with van der Waals surface area (Å²) in [6.45, 7) is 1.67. The van der Waals surface area contributed by atoms with E-state index in [1.807, 2.05) is 0 Å². The zero-order chi connectivity index (χ0) is 15.4. The molecule has 6 nitrogen and oxygen atoms in total. The van der Waals surface area contributed by atoms with E-state index in [0.717, 1.165) is 10.9 Å². The Morgan fingerprint density at radius 2 is 2.14 bits per heavy atom. The van der Waals surface area contributed by atoms with Crippen molar-refractivity contribution in [2.45, 2.75) is 6.92 Å². The maximum absolute atomic E-state index is 11.8. The number of carbonyl (C=O) groups is 1. The van der Waals surface area contributed by atoms with E-state index in [1.54, 1.807) is 19.1 Å². The predicted octanol–water partition coefficient (Wildman–Crippen LogP) is 3.89. The molecule has 0 radical (unpaired) electrons. The molecule has 1 aromatic heterocycles. The van der Waals surface area contributed by atoms with Crippen LogP contribution in [0, 0.1) is 10.1 Å². The molecule has 1 aromatic carbocycles. The summed E-state index contributed by atoms with van der Waals surface area (Å²) in [5.41, 5.74) is 0.367. The van der Waals surface area contributed by atoms with Crippen LogP contribution in [0.3, 0.4) is 0 Å². The van der Waals surface area contributed by atoms with Crippen LogP contribution in [0.25, 0.3) is 0 Å². The number of nitro benzene ring substituents is 1. The van der Waals surface area contributed by atoms with E-state index in [4.69, 9.17) is 16.4 Å². The second kappa shape index (κ2) is 6.47. The van der Waals surface area contributed by atoms with Crippen LogP contribution in [0.4, 0.5) is 5.69 Å². The van der Waals surface area contributed by atoms with Gasteiger partial charge in [0.2, 0.25) is 0 Å². The van der Waals surface area contributed by atoms with E-state index >= 15 is 0 Å². The number of benzene rings is 1. The molecule has 21 heavy (non-hydrogen) atoms. The lowest BCUT2D eigenvalue weighted by atomic mass is 10.2. The van der Waals surface area contributed by atoms with Crippen molar-refractivity contribution in [1.29, 1.82) is 0 Å². The summed E-state index contributed by atoms with van der Waals surface area (Å²) in [4.78, 5) is 27.4. The standard InChI is InChI=1S/C13H9ClN2O4S/c1-8(11-5-6-12(14)21-11)15-20-13(17)9-3-2-4-10(7-9)16(18)19/h2-7H,1H3/b15-8+. The maximum atomic E-state index is 11.8. The summed E-state index contributed by atoms with van der Waals surface area (Å²) >= 11 is 7.11. The van der Waals surface area contributed by atoms with Gasteiger partial charge < -0.3 is 4.84 Å². The Hall–Kier alpha value is -2.25. The van der Waals surface area contributed by atoms with Crippen molar-refractivity contribution < 1.29 is 14.6 Å². The van der Waals surface area contributed by atoms with Gasteiger partial charge in [0.1, 0.15) is 0 Å². The molecule has 2 rings (SSSR count). The minimum absolute atomic E-state index is 0.0601. The van der Waals surface area contributed by atoms with Crippen LogP contribution in [-0.2, 0) is 4.84 Å². The Morgan fingerprint density at radius 1 is 1.38 bits per heavy atom. The van der Waals surface area contributed by atoms with Crippen molar-refractivity contribution in [2.24, 2.45) is 5.16 Å². The van der Waals surface area contributed by atoms with Gasteiger partial charge in [-0.25, -0.2) is 4.79 Å². The van der Waals surface area contributed by atoms with Gasteiger partial charge in [0.25, 0.3) is 5.69 Å². The molecule has 1 heterocycles. The fraction of sp³-hybridized carbons (Fsp3) is 0.0769. The van der Waals surface area contributed by atoms with Crippen molar-refractivity contribution in [3.8, 4) is 0 Å². The van der Waals surface area contributed by atoms with Crippen LogP contribution in [0.1, 0.15) is 22.2 Å². The van der Waals surface area contributed by atoms with E-state index in [9.17, 15) is 14.9 Å². The Bertz CT molecular complexity index is 726. The first-order chi connectivity index (χ1) is 9.97. The van der Waals surface area contributed by atoms with Crippen LogP contribution >= 0.6 is 22.9 Å². The second-order valence-electron chi connectivity index (χ2n) is 3.97. The highest BCUT2D eigenvalue weighted by Gasteiger charge is 2.13. The highest BCUT2D eigenvalue weighted by Crippen LogP contribution is 2.22. The third kappa shape index (κ3) is 3.87. The van der Waals surface area contributed by atoms with Gasteiger partial charge in [-0.15, -0.1) is 11.3 Å². The fourth-order valence-corrected chi connectivity index (χ4v) is 2.44. The summed E-state index contributed by atoms with van der Waals surface area (Å²) in [6, 6.07) is 8.72. The number of nitro groups is 1. The smallest absolute Gasteiger partial charge is 0.313 e. The van der Waals surface area contributed by atoms with Gasteiger partial charge in [0.05, 0.1) is 25.4 Å². The zero-order valence-electron chi connectivity index (χ0n) is 10.8. The minimum Gasteiger partial charge on any atom is -0.313 e. The number of halogens is 1. The quantitative estimate of drug-likeness (QED) is 0.370. The summed E-state index contributed by atoms with van der Waals surface area (Å²) in [5.74, 6) is -0.763. The van der Waals surface area contributed by atoms with Gasteiger partial charge in [-0.2, -0.15) is 0 Å². The van der Waals surface area contributed by atoms with Crippen molar-refractivity contribution in [2.75, 3.05) is 0 Å². The number of nitrogens with zero attached hydrogens (tertiary/aromatic N) is 2. The molecule has 108 valence electrons. The van der Waals surface area contributed by atoms with Crippen LogP contribution in [0.5, 0.6) is 0 Å². The minimum atomic E-state index is -0.763. The molecule has 0 aliphatic carbocycles. The number of rotatable bonds is 4. The van der Waals surface area contributed by atoms with E-state index < -0.39 is 10.9 Å². The molecule has 0 N–H and O–H groups in total. The molecule has 0 aliphatic heterocycles. The highest BCUT2D eigenvalue weighted by atomic mass is 35.5. The fourth-order valence-electron chi connectivity index (χ4n) is 1.46. The molecular weight excluding hydrogens is 316 g/mol. The van der Waals surface area contributed by atoms with Crippen LogP contribution in [0.15, 0.2) is 41.6 Å². The molecule has 2 aromatic rings. The lowest BCUT2D eigenvalue weighted by Crippen LogP contribution is -2.03. The molecule has 0 bridgehead atoms.